The number of ether oxygens (including phenoxy) is 2. The SMILES string of the molecule is CCOC(=O)c1ccsc1NC(=O)CSc1nc2ccccc2n1CCOC. The van der Waals surface area contributed by atoms with Crippen LogP contribution in [-0.2, 0) is 20.8 Å². The Kier molecular flexibility index (Phi) is 7.07. The van der Waals surface area contributed by atoms with Crippen LogP contribution < -0.4 is 5.32 Å². The van der Waals surface area contributed by atoms with E-state index in [9.17, 15) is 9.59 Å². The second-order valence-electron chi connectivity index (χ2n) is 5.75. The summed E-state index contributed by atoms with van der Waals surface area (Å²) >= 11 is 2.64. The van der Waals surface area contributed by atoms with Crippen molar-refractivity contribution in [1.29, 1.82) is 0 Å². The number of esters is 1. The fraction of sp³-hybridized carbons (Fsp3) is 0.316. The van der Waals surface area contributed by atoms with E-state index in [0.717, 1.165) is 16.2 Å². The molecule has 0 saturated carbocycles. The first-order chi connectivity index (χ1) is 13.6. The van der Waals surface area contributed by atoms with Crippen LogP contribution in [0.3, 0.4) is 0 Å². The molecule has 2 heterocycles. The maximum atomic E-state index is 12.4. The van der Waals surface area contributed by atoms with Crippen LogP contribution in [0.2, 0.25) is 0 Å². The van der Waals surface area contributed by atoms with Crippen molar-refractivity contribution < 1.29 is 19.1 Å². The van der Waals surface area contributed by atoms with E-state index in [1.807, 2.05) is 28.8 Å². The number of rotatable bonds is 9. The van der Waals surface area contributed by atoms with Crippen molar-refractivity contribution in [2.45, 2.75) is 18.6 Å². The minimum absolute atomic E-state index is 0.177. The van der Waals surface area contributed by atoms with E-state index >= 15 is 0 Å². The van der Waals surface area contributed by atoms with Gasteiger partial charge in [0, 0.05) is 13.7 Å². The number of fused-ring (bicyclic) bond motifs is 1. The molecule has 148 valence electrons. The lowest BCUT2D eigenvalue weighted by Crippen LogP contribution is -2.16. The Morgan fingerprint density at radius 2 is 2.11 bits per heavy atom. The molecule has 1 amide bonds. The molecule has 28 heavy (non-hydrogen) atoms. The van der Waals surface area contributed by atoms with Crippen LogP contribution >= 0.6 is 23.1 Å². The van der Waals surface area contributed by atoms with E-state index in [4.69, 9.17) is 9.47 Å². The number of methoxy groups -OCH3 is 1. The molecule has 0 spiro atoms. The topological polar surface area (TPSA) is 82.5 Å². The van der Waals surface area contributed by atoms with Crippen LogP contribution in [0.1, 0.15) is 17.3 Å². The summed E-state index contributed by atoms with van der Waals surface area (Å²) in [6, 6.07) is 9.49. The van der Waals surface area contributed by atoms with Crippen LogP contribution in [0.4, 0.5) is 5.00 Å². The van der Waals surface area contributed by atoms with Crippen LogP contribution in [0.25, 0.3) is 11.0 Å². The molecule has 0 bridgehead atoms. The zero-order chi connectivity index (χ0) is 19.9. The van der Waals surface area contributed by atoms with Gasteiger partial charge in [-0.3, -0.25) is 4.79 Å². The monoisotopic (exact) mass is 419 g/mol. The average molecular weight is 420 g/mol. The normalized spacial score (nSPS) is 10.9. The van der Waals surface area contributed by atoms with Gasteiger partial charge >= 0.3 is 5.97 Å². The van der Waals surface area contributed by atoms with Crippen molar-refractivity contribution in [3.8, 4) is 0 Å². The smallest absolute Gasteiger partial charge is 0.341 e. The van der Waals surface area contributed by atoms with Gasteiger partial charge in [-0.15, -0.1) is 11.3 Å². The van der Waals surface area contributed by atoms with E-state index in [1.165, 1.54) is 23.1 Å². The third kappa shape index (κ3) is 4.73. The molecule has 1 N–H and O–H groups in total. The minimum atomic E-state index is -0.437. The van der Waals surface area contributed by atoms with Gasteiger partial charge in [-0.2, -0.15) is 0 Å². The maximum absolute atomic E-state index is 12.4. The highest BCUT2D eigenvalue weighted by Crippen LogP contribution is 2.26. The number of imidazole rings is 1. The summed E-state index contributed by atoms with van der Waals surface area (Å²) in [5.41, 5.74) is 2.26. The van der Waals surface area contributed by atoms with E-state index in [-0.39, 0.29) is 18.3 Å². The quantitative estimate of drug-likeness (QED) is 0.421. The van der Waals surface area contributed by atoms with Gasteiger partial charge in [0.15, 0.2) is 5.16 Å². The Bertz CT molecular complexity index is 967. The summed E-state index contributed by atoms with van der Waals surface area (Å²) in [6.45, 7) is 3.24. The van der Waals surface area contributed by atoms with Gasteiger partial charge in [-0.1, -0.05) is 23.9 Å². The molecule has 9 heteroatoms. The number of amides is 1. The first-order valence-corrected chi connectivity index (χ1v) is 10.6. The number of nitrogens with one attached hydrogen (secondary N) is 1. The lowest BCUT2D eigenvalue weighted by molar-refractivity contribution is -0.113. The highest BCUT2D eigenvalue weighted by Gasteiger charge is 2.17. The molecule has 0 aliphatic rings. The number of para-hydroxylation sites is 2. The summed E-state index contributed by atoms with van der Waals surface area (Å²) in [6.07, 6.45) is 0. The predicted molar refractivity (Wildman–Crippen MR) is 111 cm³/mol. The number of thioether (sulfide) groups is 1. The third-order valence-corrected chi connectivity index (χ3v) is 5.69. The first-order valence-electron chi connectivity index (χ1n) is 8.75. The molecule has 0 fully saturated rings. The Labute approximate surface area is 171 Å². The molecule has 0 unspecified atom stereocenters. The van der Waals surface area contributed by atoms with Crippen molar-refractivity contribution in [1.82, 2.24) is 9.55 Å². The summed E-state index contributed by atoms with van der Waals surface area (Å²) in [4.78, 5) is 29.0. The Balaban J connectivity index is 1.68. The molecule has 1 aromatic carbocycles. The van der Waals surface area contributed by atoms with E-state index < -0.39 is 5.97 Å². The maximum Gasteiger partial charge on any atom is 0.341 e. The molecule has 0 atom stereocenters. The van der Waals surface area contributed by atoms with Gasteiger partial charge < -0.3 is 19.4 Å². The van der Waals surface area contributed by atoms with Gasteiger partial charge in [-0.05, 0) is 30.5 Å². The Morgan fingerprint density at radius 1 is 1.29 bits per heavy atom. The molecule has 0 radical (unpaired) electrons. The number of anilines is 1. The zero-order valence-corrected chi connectivity index (χ0v) is 17.3. The van der Waals surface area contributed by atoms with Crippen LogP contribution in [-0.4, -0.2) is 47.5 Å². The van der Waals surface area contributed by atoms with Gasteiger partial charge in [-0.25, -0.2) is 9.78 Å². The summed E-state index contributed by atoms with van der Waals surface area (Å²) in [5.74, 6) is -0.465. The van der Waals surface area contributed by atoms with Crippen molar-refractivity contribution in [2.24, 2.45) is 0 Å². The van der Waals surface area contributed by atoms with Gasteiger partial charge in [0.05, 0.1) is 35.6 Å². The fourth-order valence-electron chi connectivity index (χ4n) is 2.63. The standard InChI is InChI=1S/C19H21N3O4S2/c1-3-26-18(24)13-8-11-27-17(13)21-16(23)12-28-19-20-14-6-4-5-7-15(14)22(19)9-10-25-2/h4-8,11H,3,9-10,12H2,1-2H3,(H,21,23). The number of nitrogens with zero attached hydrogens (tertiary/aromatic N) is 2. The van der Waals surface area contributed by atoms with E-state index in [2.05, 4.69) is 10.3 Å². The number of carbonyl (C=O) groups excluding carboxylic acids is 2. The van der Waals surface area contributed by atoms with Crippen molar-refractivity contribution in [3.05, 3.63) is 41.3 Å². The number of hydrogen-bond donors (Lipinski definition) is 1. The lowest BCUT2D eigenvalue weighted by Gasteiger charge is -2.09. The molecule has 3 aromatic rings. The molecule has 7 nitrogen and oxygen atoms in total. The largest absolute Gasteiger partial charge is 0.462 e. The zero-order valence-electron chi connectivity index (χ0n) is 15.6. The minimum Gasteiger partial charge on any atom is -0.462 e. The predicted octanol–water partition coefficient (Wildman–Crippen LogP) is 3.65. The van der Waals surface area contributed by atoms with Gasteiger partial charge in [0.2, 0.25) is 5.91 Å². The number of carbonyl (C=O) groups is 2. The number of aromatic nitrogens is 2. The van der Waals surface area contributed by atoms with Crippen molar-refractivity contribution in [2.75, 3.05) is 31.4 Å². The second kappa shape index (κ2) is 9.72. The second-order valence-corrected chi connectivity index (χ2v) is 7.61. The molecule has 3 rings (SSSR count). The molecule has 0 saturated heterocycles. The van der Waals surface area contributed by atoms with E-state index in [1.54, 1.807) is 25.5 Å². The Hall–Kier alpha value is -2.36. The first kappa shape index (κ1) is 20.4. The summed E-state index contributed by atoms with van der Waals surface area (Å²) in [7, 11) is 1.65. The van der Waals surface area contributed by atoms with Gasteiger partial charge in [0.1, 0.15) is 5.00 Å². The average Bonchev–Trinajstić information content (AvgIpc) is 3.29. The number of thiophene rings is 1. The summed E-state index contributed by atoms with van der Waals surface area (Å²) in [5, 5.41) is 5.79. The third-order valence-electron chi connectivity index (χ3n) is 3.88. The molecule has 0 aliphatic carbocycles. The van der Waals surface area contributed by atoms with E-state index in [0.29, 0.717) is 23.7 Å². The van der Waals surface area contributed by atoms with Crippen LogP contribution in [0.5, 0.6) is 0 Å². The molecular weight excluding hydrogens is 398 g/mol. The molecular formula is C19H21N3O4S2. The fourth-order valence-corrected chi connectivity index (χ4v) is 4.26. The highest BCUT2D eigenvalue weighted by atomic mass is 32.2. The Morgan fingerprint density at radius 3 is 2.89 bits per heavy atom. The molecule has 2 aromatic heterocycles. The highest BCUT2D eigenvalue weighted by molar-refractivity contribution is 7.99. The summed E-state index contributed by atoms with van der Waals surface area (Å²) < 4.78 is 12.2. The van der Waals surface area contributed by atoms with Crippen LogP contribution in [0, 0.1) is 0 Å². The number of benzene rings is 1. The lowest BCUT2D eigenvalue weighted by atomic mass is 10.3. The van der Waals surface area contributed by atoms with Crippen LogP contribution in [0.15, 0.2) is 40.9 Å². The number of hydrogen-bond acceptors (Lipinski definition) is 7. The van der Waals surface area contributed by atoms with Crippen molar-refractivity contribution >= 4 is 51.0 Å². The van der Waals surface area contributed by atoms with Gasteiger partial charge in [0.25, 0.3) is 0 Å². The molecule has 0 aliphatic heterocycles. The van der Waals surface area contributed by atoms with Crippen molar-refractivity contribution in [3.63, 3.8) is 0 Å².